The van der Waals surface area contributed by atoms with Gasteiger partial charge in [-0.25, -0.2) is 4.98 Å². The van der Waals surface area contributed by atoms with Crippen LogP contribution in [0.15, 0.2) is 40.1 Å². The summed E-state index contributed by atoms with van der Waals surface area (Å²) >= 11 is 5.86. The molecule has 0 radical (unpaired) electrons. The Morgan fingerprint density at radius 3 is 2.70 bits per heavy atom. The van der Waals surface area contributed by atoms with E-state index in [9.17, 15) is 9.59 Å². The Bertz CT molecular complexity index is 747. The summed E-state index contributed by atoms with van der Waals surface area (Å²) in [6.45, 7) is 0.876. The Kier molecular flexibility index (Phi) is 3.44. The van der Waals surface area contributed by atoms with Gasteiger partial charge in [0.25, 0.3) is 11.1 Å². The zero-order chi connectivity index (χ0) is 14.1. The first-order valence-corrected chi connectivity index (χ1v) is 6.96. The second-order valence-corrected chi connectivity index (χ2v) is 5.32. The molecule has 104 valence electrons. The third-order valence-electron chi connectivity index (χ3n) is 3.41. The molecule has 2 aromatic rings. The third-order valence-corrected chi connectivity index (χ3v) is 3.61. The minimum atomic E-state index is -0.157. The summed E-state index contributed by atoms with van der Waals surface area (Å²) in [5.41, 5.74) is -0.230. The van der Waals surface area contributed by atoms with Gasteiger partial charge in [-0.05, 0) is 18.9 Å². The highest BCUT2D eigenvalue weighted by molar-refractivity contribution is 6.29. The summed E-state index contributed by atoms with van der Waals surface area (Å²) in [4.78, 5) is 28.0. The van der Waals surface area contributed by atoms with Crippen LogP contribution in [-0.2, 0) is 13.1 Å². The lowest BCUT2D eigenvalue weighted by Gasteiger charge is -2.12. The molecule has 0 aliphatic heterocycles. The van der Waals surface area contributed by atoms with Crippen LogP contribution in [-0.4, -0.2) is 14.1 Å². The Morgan fingerprint density at radius 2 is 2.00 bits per heavy atom. The summed E-state index contributed by atoms with van der Waals surface area (Å²) < 4.78 is 3.21. The van der Waals surface area contributed by atoms with Gasteiger partial charge in [-0.1, -0.05) is 17.7 Å². The standard InChI is InChI=1S/C14H14ClN3O2/c15-11-9-13(20)18(14(16-11)10-4-5-10)8-7-17-6-2-1-3-12(17)19/h1-3,6,9-10H,4-5,7-8H2. The number of aryl methyl sites for hydroxylation is 1. The van der Waals surface area contributed by atoms with Crippen molar-refractivity contribution >= 4 is 11.6 Å². The van der Waals surface area contributed by atoms with Gasteiger partial charge in [0.05, 0.1) is 0 Å². The molecule has 0 atom stereocenters. The van der Waals surface area contributed by atoms with E-state index in [1.807, 2.05) is 0 Å². The van der Waals surface area contributed by atoms with Gasteiger partial charge in [0, 0.05) is 37.3 Å². The first-order chi connectivity index (χ1) is 9.65. The van der Waals surface area contributed by atoms with Crippen molar-refractivity contribution in [1.29, 1.82) is 0 Å². The molecule has 0 aromatic carbocycles. The van der Waals surface area contributed by atoms with Crippen molar-refractivity contribution in [2.45, 2.75) is 31.8 Å². The van der Waals surface area contributed by atoms with Crippen LogP contribution in [0.4, 0.5) is 0 Å². The van der Waals surface area contributed by atoms with Crippen molar-refractivity contribution < 1.29 is 0 Å². The van der Waals surface area contributed by atoms with E-state index in [4.69, 9.17) is 11.6 Å². The van der Waals surface area contributed by atoms with Gasteiger partial charge >= 0.3 is 0 Å². The third kappa shape index (κ3) is 2.67. The normalized spacial score (nSPS) is 14.4. The highest BCUT2D eigenvalue weighted by atomic mass is 35.5. The monoisotopic (exact) mass is 291 g/mol. The van der Waals surface area contributed by atoms with E-state index in [1.165, 1.54) is 12.1 Å². The fourth-order valence-corrected chi connectivity index (χ4v) is 2.41. The number of pyridine rings is 1. The number of hydrogen-bond acceptors (Lipinski definition) is 3. The summed E-state index contributed by atoms with van der Waals surface area (Å²) in [7, 11) is 0. The summed E-state index contributed by atoms with van der Waals surface area (Å²) in [6, 6.07) is 6.32. The lowest BCUT2D eigenvalue weighted by Crippen LogP contribution is -2.28. The zero-order valence-electron chi connectivity index (χ0n) is 10.8. The van der Waals surface area contributed by atoms with E-state index in [0.717, 1.165) is 18.7 Å². The largest absolute Gasteiger partial charge is 0.314 e. The molecule has 20 heavy (non-hydrogen) atoms. The summed E-state index contributed by atoms with van der Waals surface area (Å²) in [5.74, 6) is 1.07. The van der Waals surface area contributed by atoms with Gasteiger partial charge < -0.3 is 4.57 Å². The molecule has 0 amide bonds. The minimum Gasteiger partial charge on any atom is -0.314 e. The average Bonchev–Trinajstić information content (AvgIpc) is 3.23. The molecular formula is C14H14ClN3O2. The Hall–Kier alpha value is -1.88. The fourth-order valence-electron chi connectivity index (χ4n) is 2.23. The molecule has 5 nitrogen and oxygen atoms in total. The maximum atomic E-state index is 12.1. The molecule has 3 rings (SSSR count). The van der Waals surface area contributed by atoms with Crippen molar-refractivity contribution in [3.63, 3.8) is 0 Å². The smallest absolute Gasteiger partial charge is 0.255 e. The highest BCUT2D eigenvalue weighted by Crippen LogP contribution is 2.38. The van der Waals surface area contributed by atoms with Crippen LogP contribution < -0.4 is 11.1 Å². The molecule has 6 heteroatoms. The average molecular weight is 292 g/mol. The second kappa shape index (κ2) is 5.25. The Morgan fingerprint density at radius 1 is 1.20 bits per heavy atom. The van der Waals surface area contributed by atoms with Gasteiger partial charge in [0.1, 0.15) is 11.0 Å². The predicted molar refractivity (Wildman–Crippen MR) is 76.2 cm³/mol. The molecule has 2 heterocycles. The van der Waals surface area contributed by atoms with Crippen molar-refractivity contribution in [3.05, 3.63) is 62.1 Å². The maximum Gasteiger partial charge on any atom is 0.255 e. The van der Waals surface area contributed by atoms with E-state index in [1.54, 1.807) is 27.5 Å². The van der Waals surface area contributed by atoms with Crippen molar-refractivity contribution in [2.75, 3.05) is 0 Å². The van der Waals surface area contributed by atoms with Crippen LogP contribution in [0.2, 0.25) is 5.15 Å². The topological polar surface area (TPSA) is 56.9 Å². The van der Waals surface area contributed by atoms with Crippen LogP contribution in [0.25, 0.3) is 0 Å². The van der Waals surface area contributed by atoms with Gasteiger partial charge in [-0.15, -0.1) is 0 Å². The molecule has 0 unspecified atom stereocenters. The number of nitrogens with zero attached hydrogens (tertiary/aromatic N) is 3. The van der Waals surface area contributed by atoms with Gasteiger partial charge in [-0.2, -0.15) is 0 Å². The number of aromatic nitrogens is 3. The highest BCUT2D eigenvalue weighted by Gasteiger charge is 2.28. The SMILES string of the molecule is O=c1ccccn1CCn1c(C2CC2)nc(Cl)cc1=O. The molecule has 2 aromatic heterocycles. The van der Waals surface area contributed by atoms with E-state index in [2.05, 4.69) is 4.98 Å². The lowest BCUT2D eigenvalue weighted by atomic mass is 10.3. The van der Waals surface area contributed by atoms with Crippen molar-refractivity contribution in [1.82, 2.24) is 14.1 Å². The quantitative estimate of drug-likeness (QED) is 0.805. The van der Waals surface area contributed by atoms with Gasteiger partial charge in [-0.3, -0.25) is 14.2 Å². The molecule has 0 spiro atoms. The Labute approximate surface area is 120 Å². The molecule has 1 saturated carbocycles. The lowest BCUT2D eigenvalue weighted by molar-refractivity contribution is 0.525. The van der Waals surface area contributed by atoms with Crippen molar-refractivity contribution in [2.24, 2.45) is 0 Å². The number of hydrogen-bond donors (Lipinski definition) is 0. The summed E-state index contributed by atoms with van der Waals surface area (Å²) in [5, 5.41) is 0.241. The van der Waals surface area contributed by atoms with Crippen LogP contribution in [0.5, 0.6) is 0 Å². The van der Waals surface area contributed by atoms with Gasteiger partial charge in [0.15, 0.2) is 0 Å². The van der Waals surface area contributed by atoms with Crippen molar-refractivity contribution in [3.8, 4) is 0 Å². The number of rotatable bonds is 4. The van der Waals surface area contributed by atoms with E-state index >= 15 is 0 Å². The number of halogens is 1. The van der Waals surface area contributed by atoms with E-state index < -0.39 is 0 Å². The molecule has 1 fully saturated rings. The first kappa shape index (κ1) is 13.1. The second-order valence-electron chi connectivity index (χ2n) is 4.93. The Balaban J connectivity index is 1.89. The molecule has 0 N–H and O–H groups in total. The maximum absolute atomic E-state index is 12.1. The first-order valence-electron chi connectivity index (χ1n) is 6.58. The zero-order valence-corrected chi connectivity index (χ0v) is 11.6. The van der Waals surface area contributed by atoms with E-state index in [0.29, 0.717) is 19.0 Å². The van der Waals surface area contributed by atoms with Crippen LogP contribution in [0.1, 0.15) is 24.6 Å². The van der Waals surface area contributed by atoms with Crippen LogP contribution >= 0.6 is 11.6 Å². The molecule has 1 aliphatic rings. The fraction of sp³-hybridized carbons (Fsp3) is 0.357. The molecule has 0 saturated heterocycles. The van der Waals surface area contributed by atoms with Crippen LogP contribution in [0.3, 0.4) is 0 Å². The van der Waals surface area contributed by atoms with Crippen LogP contribution in [0, 0.1) is 0 Å². The minimum absolute atomic E-state index is 0.0737. The molecular weight excluding hydrogens is 278 g/mol. The van der Waals surface area contributed by atoms with Gasteiger partial charge in [0.2, 0.25) is 0 Å². The van der Waals surface area contributed by atoms with E-state index in [-0.39, 0.29) is 16.3 Å². The predicted octanol–water partition coefficient (Wildman–Crippen LogP) is 1.64. The molecule has 0 bridgehead atoms. The summed E-state index contributed by atoms with van der Waals surface area (Å²) in [6.07, 6.45) is 3.80. The molecule has 1 aliphatic carbocycles.